The standard InChI is InChI=1S/C16H9N3O5/c20-14-11-3-1-2-4-12(11)15(21)16(22)13(14)18-17-9-5-7-10(8-6-9)19(23)24/h1-8,17H/b18-13-. The Labute approximate surface area is 133 Å². The zero-order valence-electron chi connectivity index (χ0n) is 12.1. The van der Waals surface area contributed by atoms with Gasteiger partial charge < -0.3 is 0 Å². The van der Waals surface area contributed by atoms with Gasteiger partial charge in [-0.1, -0.05) is 24.3 Å². The van der Waals surface area contributed by atoms with Gasteiger partial charge in [0.05, 0.1) is 10.6 Å². The summed E-state index contributed by atoms with van der Waals surface area (Å²) in [6, 6.07) is 11.2. The first-order valence-corrected chi connectivity index (χ1v) is 6.80. The third-order valence-corrected chi connectivity index (χ3v) is 3.43. The molecule has 8 nitrogen and oxygen atoms in total. The molecule has 0 aliphatic rings. The van der Waals surface area contributed by atoms with Crippen molar-refractivity contribution >= 4 is 22.1 Å². The lowest BCUT2D eigenvalue weighted by Crippen LogP contribution is -2.48. The van der Waals surface area contributed by atoms with Crippen LogP contribution in [0.5, 0.6) is 0 Å². The normalized spacial score (nSPS) is 11.6. The lowest BCUT2D eigenvalue weighted by molar-refractivity contribution is -0.384. The van der Waals surface area contributed by atoms with E-state index in [1.807, 2.05) is 0 Å². The van der Waals surface area contributed by atoms with E-state index in [2.05, 4.69) is 10.5 Å². The molecule has 0 aliphatic heterocycles. The van der Waals surface area contributed by atoms with E-state index in [0.29, 0.717) is 5.69 Å². The summed E-state index contributed by atoms with van der Waals surface area (Å²) >= 11 is 0. The minimum atomic E-state index is -0.992. The van der Waals surface area contributed by atoms with Gasteiger partial charge in [-0.2, -0.15) is 5.10 Å². The first-order chi connectivity index (χ1) is 11.5. The van der Waals surface area contributed by atoms with Crippen molar-refractivity contribution in [3.05, 3.63) is 94.7 Å². The molecule has 0 unspecified atom stereocenters. The number of benzene rings is 3. The maximum Gasteiger partial charge on any atom is 0.269 e. The Bertz CT molecular complexity index is 1160. The molecule has 0 radical (unpaired) electrons. The number of nitrogens with one attached hydrogen (secondary N) is 1. The van der Waals surface area contributed by atoms with Crippen LogP contribution in [0.2, 0.25) is 0 Å². The van der Waals surface area contributed by atoms with E-state index in [4.69, 9.17) is 0 Å². The van der Waals surface area contributed by atoms with Gasteiger partial charge in [0, 0.05) is 22.9 Å². The average molecular weight is 323 g/mol. The van der Waals surface area contributed by atoms with Crippen molar-refractivity contribution in [3.8, 4) is 0 Å². The number of non-ortho nitro benzene ring substituents is 1. The summed E-state index contributed by atoms with van der Waals surface area (Å²) in [4.78, 5) is 46.4. The molecule has 3 aromatic rings. The number of fused-ring (bicyclic) bond motifs is 1. The van der Waals surface area contributed by atoms with Gasteiger partial charge in [0.25, 0.3) is 11.1 Å². The zero-order chi connectivity index (χ0) is 17.3. The van der Waals surface area contributed by atoms with Crippen LogP contribution < -0.4 is 27.1 Å². The minimum absolute atomic E-state index is 0.0572. The smallest absolute Gasteiger partial charge is 0.269 e. The number of nitrogens with zero attached hydrogens (tertiary/aromatic N) is 2. The molecule has 3 aromatic carbocycles. The second-order valence-corrected chi connectivity index (χ2v) is 4.91. The Kier molecular flexibility index (Phi) is 3.70. The minimum Gasteiger partial charge on any atom is -0.287 e. The van der Waals surface area contributed by atoms with Crippen LogP contribution in [-0.2, 0) is 0 Å². The number of nitro groups is 1. The van der Waals surface area contributed by atoms with E-state index in [-0.39, 0.29) is 16.5 Å². The molecule has 1 N–H and O–H groups in total. The topological polar surface area (TPSA) is 119 Å². The van der Waals surface area contributed by atoms with Crippen LogP contribution in [0, 0.1) is 10.1 Å². The average Bonchev–Trinajstić information content (AvgIpc) is 2.60. The van der Waals surface area contributed by atoms with Gasteiger partial charge in [0.15, 0.2) is 5.36 Å². The maximum atomic E-state index is 12.3. The molecule has 118 valence electrons. The van der Waals surface area contributed by atoms with E-state index < -0.39 is 26.6 Å². The van der Waals surface area contributed by atoms with Crippen molar-refractivity contribution in [2.24, 2.45) is 5.10 Å². The summed E-state index contributed by atoms with van der Waals surface area (Å²) in [5.74, 6) is 0. The predicted octanol–water partition coefficient (Wildman–Crippen LogP) is 0.632. The molecule has 24 heavy (non-hydrogen) atoms. The molecule has 0 fully saturated rings. The highest BCUT2D eigenvalue weighted by Crippen LogP contribution is 2.14. The maximum absolute atomic E-state index is 12.3. The first kappa shape index (κ1) is 15.2. The number of hydrogen-bond acceptors (Lipinski definition) is 7. The number of hydrogen-bond donors (Lipinski definition) is 1. The highest BCUT2D eigenvalue weighted by molar-refractivity contribution is 5.81. The van der Waals surface area contributed by atoms with Crippen LogP contribution in [-0.4, -0.2) is 4.92 Å². The lowest BCUT2D eigenvalue weighted by Gasteiger charge is -1.99. The van der Waals surface area contributed by atoms with Crippen LogP contribution >= 0.6 is 0 Å². The second-order valence-electron chi connectivity index (χ2n) is 4.91. The summed E-state index contributed by atoms with van der Waals surface area (Å²) in [7, 11) is 0. The highest BCUT2D eigenvalue weighted by atomic mass is 16.6. The number of rotatable bonds is 3. The van der Waals surface area contributed by atoms with E-state index in [9.17, 15) is 24.5 Å². The van der Waals surface area contributed by atoms with E-state index in [1.165, 1.54) is 36.4 Å². The van der Waals surface area contributed by atoms with E-state index in [0.717, 1.165) is 0 Å². The highest BCUT2D eigenvalue weighted by Gasteiger charge is 2.10. The third kappa shape index (κ3) is 2.56. The Morgan fingerprint density at radius 3 is 2.00 bits per heavy atom. The summed E-state index contributed by atoms with van der Waals surface area (Å²) in [5.41, 5.74) is 0.251. The van der Waals surface area contributed by atoms with Crippen molar-refractivity contribution < 1.29 is 4.92 Å². The second kappa shape index (κ2) is 5.84. The Hall–Kier alpha value is -3.68. The quantitative estimate of drug-likeness (QED) is 0.429. The summed E-state index contributed by atoms with van der Waals surface area (Å²) in [6.45, 7) is 0. The molecule has 0 amide bonds. The van der Waals surface area contributed by atoms with Crippen LogP contribution in [0.1, 0.15) is 0 Å². The molecule has 0 saturated carbocycles. The first-order valence-electron chi connectivity index (χ1n) is 6.80. The molecule has 0 atom stereocenters. The Balaban J connectivity index is 2.11. The molecule has 8 heteroatoms. The van der Waals surface area contributed by atoms with Crippen molar-refractivity contribution in [1.29, 1.82) is 0 Å². The Morgan fingerprint density at radius 1 is 0.833 bits per heavy atom. The lowest BCUT2D eigenvalue weighted by atomic mass is 10.1. The molecule has 0 aliphatic carbocycles. The Morgan fingerprint density at radius 2 is 1.42 bits per heavy atom. The van der Waals surface area contributed by atoms with Gasteiger partial charge in [-0.25, -0.2) is 0 Å². The van der Waals surface area contributed by atoms with Crippen molar-refractivity contribution in [2.45, 2.75) is 0 Å². The van der Waals surface area contributed by atoms with Gasteiger partial charge in [0.1, 0.15) is 0 Å². The van der Waals surface area contributed by atoms with Gasteiger partial charge in [-0.05, 0) is 12.1 Å². The van der Waals surface area contributed by atoms with Gasteiger partial charge in [0.2, 0.25) is 10.9 Å². The van der Waals surface area contributed by atoms with Gasteiger partial charge >= 0.3 is 0 Å². The van der Waals surface area contributed by atoms with Crippen LogP contribution in [0.4, 0.5) is 11.4 Å². The summed E-state index contributed by atoms with van der Waals surface area (Å²) in [6.07, 6.45) is 0. The molecule has 0 bridgehead atoms. The van der Waals surface area contributed by atoms with Gasteiger partial charge in [-0.15, -0.1) is 0 Å². The van der Waals surface area contributed by atoms with Crippen LogP contribution in [0.25, 0.3) is 10.8 Å². The molecule has 0 saturated heterocycles. The van der Waals surface area contributed by atoms with Crippen LogP contribution in [0.15, 0.2) is 68.0 Å². The molecular weight excluding hydrogens is 314 g/mol. The third-order valence-electron chi connectivity index (χ3n) is 3.43. The largest absolute Gasteiger partial charge is 0.287 e. The fourth-order valence-corrected chi connectivity index (χ4v) is 2.22. The predicted molar refractivity (Wildman–Crippen MR) is 87.4 cm³/mol. The van der Waals surface area contributed by atoms with Gasteiger partial charge in [-0.3, -0.25) is 29.9 Å². The van der Waals surface area contributed by atoms with Crippen molar-refractivity contribution in [2.75, 3.05) is 5.43 Å². The van der Waals surface area contributed by atoms with E-state index >= 15 is 0 Å². The monoisotopic (exact) mass is 323 g/mol. The fourth-order valence-electron chi connectivity index (χ4n) is 2.22. The molecular formula is C16H9N3O5. The van der Waals surface area contributed by atoms with Crippen LogP contribution in [0.3, 0.4) is 0 Å². The SMILES string of the molecule is O=c1c(=O)c2ccccc2c(=O)/c1=N/Nc1ccc([N+](=O)[O-])cc1. The summed E-state index contributed by atoms with van der Waals surface area (Å²) in [5, 5.41) is 14.0. The van der Waals surface area contributed by atoms with Crippen molar-refractivity contribution in [1.82, 2.24) is 0 Å². The molecule has 3 rings (SSSR count). The van der Waals surface area contributed by atoms with E-state index in [1.54, 1.807) is 12.1 Å². The molecule has 0 spiro atoms. The zero-order valence-corrected chi connectivity index (χ0v) is 12.1. The number of anilines is 1. The fraction of sp³-hybridized carbons (Fsp3) is 0. The number of nitro benzene ring substituents is 1. The van der Waals surface area contributed by atoms with Crippen molar-refractivity contribution in [3.63, 3.8) is 0 Å². The summed E-state index contributed by atoms with van der Waals surface area (Å²) < 4.78 is 0. The molecule has 0 aromatic heterocycles. The molecule has 0 heterocycles.